The van der Waals surface area contributed by atoms with Crippen molar-refractivity contribution in [3.8, 4) is 11.5 Å². The molecule has 0 radical (unpaired) electrons. The first-order valence-electron chi connectivity index (χ1n) is 11.5. The summed E-state index contributed by atoms with van der Waals surface area (Å²) < 4.78 is 65.8. The van der Waals surface area contributed by atoms with E-state index in [4.69, 9.17) is 9.47 Å². The van der Waals surface area contributed by atoms with Crippen LogP contribution in [0.2, 0.25) is 0 Å². The Bertz CT molecular complexity index is 1370. The number of nitrogens with zero attached hydrogens (tertiary/aromatic N) is 2. The number of rotatable bonds is 11. The second kappa shape index (κ2) is 11.8. The van der Waals surface area contributed by atoms with Gasteiger partial charge in [0, 0.05) is 38.1 Å². The van der Waals surface area contributed by atoms with E-state index in [9.17, 15) is 21.9 Å². The second-order valence-corrected chi connectivity index (χ2v) is 12.8. The van der Waals surface area contributed by atoms with Crippen LogP contribution < -0.4 is 14.2 Å². The van der Waals surface area contributed by atoms with Crippen LogP contribution in [-0.4, -0.2) is 83.7 Å². The van der Waals surface area contributed by atoms with Crippen LogP contribution in [0, 0.1) is 0 Å². The molecule has 3 aromatic rings. The van der Waals surface area contributed by atoms with E-state index in [2.05, 4.69) is 4.72 Å². The van der Waals surface area contributed by atoms with Gasteiger partial charge in [-0.1, -0.05) is 12.1 Å². The lowest BCUT2D eigenvalue weighted by Gasteiger charge is -2.34. The third-order valence-electron chi connectivity index (χ3n) is 5.87. The quantitative estimate of drug-likeness (QED) is 0.362. The Morgan fingerprint density at radius 1 is 0.973 bits per heavy atom. The zero-order valence-corrected chi connectivity index (χ0v) is 22.6. The predicted octanol–water partition coefficient (Wildman–Crippen LogP) is 2.30. The fourth-order valence-electron chi connectivity index (χ4n) is 3.87. The standard InChI is InChI=1S/C24H29N3O7S3/c1-33-20-6-8-21(9-7-20)37(31,32)27-13-11-26(12-14-27)16-19(28)17-34-24-5-3-2-4-23(24)25-36(29,30)22-10-15-35-18-22/h2-10,15,18-19,25,28H,11-14,16-17H2,1H3/t19-/m0/s1. The number of β-amino-alcohol motifs (C(OH)–C–C–N with tert-alkyl or cyclic N) is 1. The highest BCUT2D eigenvalue weighted by Gasteiger charge is 2.29. The van der Waals surface area contributed by atoms with Gasteiger partial charge in [-0.05, 0) is 47.8 Å². The number of nitrogens with one attached hydrogen (secondary N) is 1. The monoisotopic (exact) mass is 567 g/mol. The number of aliphatic hydroxyl groups excluding tert-OH is 1. The van der Waals surface area contributed by atoms with Crippen LogP contribution in [0.15, 0.2) is 75.1 Å². The van der Waals surface area contributed by atoms with Gasteiger partial charge < -0.3 is 14.6 Å². The Hall–Kier alpha value is -2.68. The number of para-hydroxylation sites is 2. The van der Waals surface area contributed by atoms with Crippen molar-refractivity contribution in [3.63, 3.8) is 0 Å². The Morgan fingerprint density at radius 2 is 1.68 bits per heavy atom. The summed E-state index contributed by atoms with van der Waals surface area (Å²) in [5.74, 6) is 0.887. The van der Waals surface area contributed by atoms with Crippen molar-refractivity contribution >= 4 is 37.1 Å². The molecule has 2 N–H and O–H groups in total. The molecule has 2 aromatic carbocycles. The van der Waals surface area contributed by atoms with E-state index >= 15 is 0 Å². The first kappa shape index (κ1) is 27.4. The number of anilines is 1. The molecule has 10 nitrogen and oxygen atoms in total. The molecular weight excluding hydrogens is 538 g/mol. The molecule has 1 fully saturated rings. The summed E-state index contributed by atoms with van der Waals surface area (Å²) >= 11 is 1.28. The maximum Gasteiger partial charge on any atom is 0.262 e. The van der Waals surface area contributed by atoms with Crippen LogP contribution in [0.4, 0.5) is 5.69 Å². The molecule has 1 atom stereocenters. The molecule has 0 bridgehead atoms. The van der Waals surface area contributed by atoms with Crippen LogP contribution in [0.25, 0.3) is 0 Å². The third-order valence-corrected chi connectivity index (χ3v) is 9.97. The molecule has 1 aliphatic rings. The highest BCUT2D eigenvalue weighted by Crippen LogP contribution is 2.27. The van der Waals surface area contributed by atoms with E-state index in [1.807, 2.05) is 4.90 Å². The van der Waals surface area contributed by atoms with Crippen molar-refractivity contribution < 1.29 is 31.4 Å². The second-order valence-electron chi connectivity index (χ2n) is 8.41. The summed E-state index contributed by atoms with van der Waals surface area (Å²) in [5.41, 5.74) is 0.276. The van der Waals surface area contributed by atoms with Gasteiger partial charge in [0.05, 0.1) is 22.6 Å². The zero-order valence-electron chi connectivity index (χ0n) is 20.2. The molecule has 4 rings (SSSR count). The maximum absolute atomic E-state index is 12.9. The van der Waals surface area contributed by atoms with E-state index in [1.165, 1.54) is 46.3 Å². The van der Waals surface area contributed by atoms with Gasteiger partial charge in [0.15, 0.2) is 0 Å². The summed E-state index contributed by atoms with van der Waals surface area (Å²) in [6.45, 7) is 1.76. The van der Waals surface area contributed by atoms with Crippen molar-refractivity contribution in [1.29, 1.82) is 0 Å². The number of hydrogen-bond donors (Lipinski definition) is 2. The van der Waals surface area contributed by atoms with Crippen LogP contribution in [0.5, 0.6) is 11.5 Å². The summed E-state index contributed by atoms with van der Waals surface area (Å²) in [5, 5.41) is 13.8. The minimum absolute atomic E-state index is 0.0540. The van der Waals surface area contributed by atoms with Crippen molar-refractivity contribution in [2.24, 2.45) is 0 Å². The topological polar surface area (TPSA) is 125 Å². The molecule has 0 aliphatic carbocycles. The third kappa shape index (κ3) is 6.80. The Labute approximate surface area is 221 Å². The van der Waals surface area contributed by atoms with Gasteiger partial charge in [-0.15, -0.1) is 0 Å². The van der Waals surface area contributed by atoms with Crippen LogP contribution in [-0.2, 0) is 20.0 Å². The smallest absolute Gasteiger partial charge is 0.262 e. The van der Waals surface area contributed by atoms with Crippen molar-refractivity contribution in [2.45, 2.75) is 15.9 Å². The molecule has 13 heteroatoms. The summed E-state index contributed by atoms with van der Waals surface area (Å²) in [7, 11) is -5.84. The summed E-state index contributed by atoms with van der Waals surface area (Å²) in [4.78, 5) is 2.35. The summed E-state index contributed by atoms with van der Waals surface area (Å²) in [6.07, 6.45) is -0.855. The molecule has 200 valence electrons. The minimum atomic E-state index is -3.75. The Morgan fingerprint density at radius 3 is 2.32 bits per heavy atom. The number of piperazine rings is 1. The largest absolute Gasteiger partial charge is 0.497 e. The van der Waals surface area contributed by atoms with Crippen molar-refractivity contribution in [3.05, 3.63) is 65.4 Å². The zero-order chi connectivity index (χ0) is 26.5. The lowest BCUT2D eigenvalue weighted by molar-refractivity contribution is 0.0571. The van der Waals surface area contributed by atoms with Crippen molar-refractivity contribution in [1.82, 2.24) is 9.21 Å². The highest BCUT2D eigenvalue weighted by molar-refractivity contribution is 7.92. The molecule has 1 saturated heterocycles. The number of ether oxygens (including phenoxy) is 2. The average molecular weight is 568 g/mol. The van der Waals surface area contributed by atoms with Gasteiger partial charge in [0.25, 0.3) is 10.0 Å². The summed E-state index contributed by atoms with van der Waals surface area (Å²) in [6, 6.07) is 14.4. The highest BCUT2D eigenvalue weighted by atomic mass is 32.2. The molecule has 0 spiro atoms. The molecule has 0 unspecified atom stereocenters. The lowest BCUT2D eigenvalue weighted by atomic mass is 10.3. The first-order chi connectivity index (χ1) is 17.7. The number of hydrogen-bond acceptors (Lipinski definition) is 9. The molecule has 37 heavy (non-hydrogen) atoms. The molecule has 0 amide bonds. The molecular formula is C24H29N3O7S3. The molecule has 2 heterocycles. The minimum Gasteiger partial charge on any atom is -0.497 e. The number of thiophene rings is 1. The van der Waals surface area contributed by atoms with Gasteiger partial charge >= 0.3 is 0 Å². The first-order valence-corrected chi connectivity index (χ1v) is 15.4. The Balaban J connectivity index is 1.28. The lowest BCUT2D eigenvalue weighted by Crippen LogP contribution is -2.50. The fourth-order valence-corrected chi connectivity index (χ4v) is 7.39. The van der Waals surface area contributed by atoms with Gasteiger partial charge in [-0.25, -0.2) is 16.8 Å². The van der Waals surface area contributed by atoms with Crippen LogP contribution >= 0.6 is 11.3 Å². The van der Waals surface area contributed by atoms with Gasteiger partial charge in [-0.3, -0.25) is 9.62 Å². The number of benzene rings is 2. The van der Waals surface area contributed by atoms with Crippen LogP contribution in [0.1, 0.15) is 0 Å². The Kier molecular flexibility index (Phi) is 8.72. The van der Waals surface area contributed by atoms with E-state index in [0.717, 1.165) is 0 Å². The van der Waals surface area contributed by atoms with E-state index in [0.29, 0.717) is 44.2 Å². The van der Waals surface area contributed by atoms with E-state index in [-0.39, 0.29) is 22.1 Å². The van der Waals surface area contributed by atoms with Gasteiger partial charge in [0.2, 0.25) is 10.0 Å². The van der Waals surface area contributed by atoms with Crippen molar-refractivity contribution in [2.75, 3.05) is 51.2 Å². The number of sulfonamides is 2. The molecule has 0 saturated carbocycles. The number of aliphatic hydroxyl groups is 1. The maximum atomic E-state index is 12.9. The number of methoxy groups -OCH3 is 1. The SMILES string of the molecule is COc1ccc(S(=O)(=O)N2CCN(C[C@H](O)COc3ccccc3NS(=O)(=O)c3ccsc3)CC2)cc1. The van der Waals surface area contributed by atoms with Gasteiger partial charge in [-0.2, -0.15) is 15.6 Å². The average Bonchev–Trinajstić information content (AvgIpc) is 3.45. The molecule has 1 aliphatic heterocycles. The predicted molar refractivity (Wildman–Crippen MR) is 141 cm³/mol. The van der Waals surface area contributed by atoms with Gasteiger partial charge in [0.1, 0.15) is 24.2 Å². The van der Waals surface area contributed by atoms with E-state index < -0.39 is 26.2 Å². The molecule has 1 aromatic heterocycles. The normalized spacial score (nSPS) is 16.3. The van der Waals surface area contributed by atoms with E-state index in [1.54, 1.807) is 41.8 Å². The fraction of sp³-hybridized carbons (Fsp3) is 0.333. The van der Waals surface area contributed by atoms with Crippen LogP contribution in [0.3, 0.4) is 0 Å².